The lowest BCUT2D eigenvalue weighted by Gasteiger charge is -2.09. The molecule has 2 amide bonds. The second-order valence-electron chi connectivity index (χ2n) is 6.18. The third-order valence-corrected chi connectivity index (χ3v) is 5.37. The number of carbonyl (C=O) groups is 2. The molecule has 5 nitrogen and oxygen atoms in total. The molecule has 2 aromatic carbocycles. The normalized spacial score (nSPS) is 10.9. The zero-order valence-electron chi connectivity index (χ0n) is 15.5. The molecule has 2 N–H and O–H groups in total. The summed E-state index contributed by atoms with van der Waals surface area (Å²) in [5, 5.41) is 19.4. The molecule has 0 aliphatic heterocycles. The molecule has 1 heterocycles. The number of nitrogens with one attached hydrogen (secondary N) is 2. The number of rotatable bonds is 6. The molecule has 0 spiro atoms. The lowest BCUT2D eigenvalue weighted by Crippen LogP contribution is -2.23. The van der Waals surface area contributed by atoms with Crippen LogP contribution in [-0.4, -0.2) is 11.8 Å². The highest BCUT2D eigenvalue weighted by Crippen LogP contribution is 2.21. The maximum absolute atomic E-state index is 12.3. The van der Waals surface area contributed by atoms with Crippen molar-refractivity contribution in [2.45, 2.75) is 6.54 Å². The van der Waals surface area contributed by atoms with E-state index >= 15 is 0 Å². The third kappa shape index (κ3) is 5.71. The molecule has 8 heteroatoms. The van der Waals surface area contributed by atoms with E-state index in [2.05, 4.69) is 10.6 Å². The standard InChI is InChI=1S/C22H15Cl2N3O2S/c23-18-4-1-16(20(24)10-18)12-26-21(28)15-2-5-19(6-3-15)27-22(29)17(11-25)9-14-7-8-30-13-14/h1-10,13H,12H2,(H,26,28)(H,27,29)/b17-9+. The zero-order valence-corrected chi connectivity index (χ0v) is 17.8. The third-order valence-electron chi connectivity index (χ3n) is 4.08. The minimum Gasteiger partial charge on any atom is -0.348 e. The van der Waals surface area contributed by atoms with E-state index in [0.717, 1.165) is 11.1 Å². The highest BCUT2D eigenvalue weighted by atomic mass is 35.5. The van der Waals surface area contributed by atoms with Gasteiger partial charge < -0.3 is 10.6 Å². The van der Waals surface area contributed by atoms with Crippen molar-refractivity contribution in [3.05, 3.63) is 91.6 Å². The average molecular weight is 456 g/mol. The summed E-state index contributed by atoms with van der Waals surface area (Å²) in [5.74, 6) is -0.799. The highest BCUT2D eigenvalue weighted by Gasteiger charge is 2.11. The summed E-state index contributed by atoms with van der Waals surface area (Å²) in [6.45, 7) is 0.256. The molecular formula is C22H15Cl2N3O2S. The first-order chi connectivity index (χ1) is 14.5. The van der Waals surface area contributed by atoms with Gasteiger partial charge in [-0.3, -0.25) is 9.59 Å². The predicted molar refractivity (Wildman–Crippen MR) is 121 cm³/mol. The largest absolute Gasteiger partial charge is 0.348 e. The van der Waals surface area contributed by atoms with Gasteiger partial charge in [0.2, 0.25) is 0 Å². The van der Waals surface area contributed by atoms with E-state index in [1.165, 1.54) is 17.4 Å². The molecule has 0 aliphatic carbocycles. The van der Waals surface area contributed by atoms with Crippen LogP contribution >= 0.6 is 34.5 Å². The fraction of sp³-hybridized carbons (Fsp3) is 0.0455. The van der Waals surface area contributed by atoms with Gasteiger partial charge in [0.1, 0.15) is 11.6 Å². The number of hydrogen-bond donors (Lipinski definition) is 2. The van der Waals surface area contributed by atoms with Gasteiger partial charge in [0.05, 0.1) is 0 Å². The van der Waals surface area contributed by atoms with Crippen molar-refractivity contribution in [3.8, 4) is 6.07 Å². The summed E-state index contributed by atoms with van der Waals surface area (Å²) in [5.41, 5.74) is 2.44. The summed E-state index contributed by atoms with van der Waals surface area (Å²) in [4.78, 5) is 24.6. The Kier molecular flexibility index (Phi) is 7.26. The van der Waals surface area contributed by atoms with Gasteiger partial charge >= 0.3 is 0 Å². The number of amides is 2. The minimum absolute atomic E-state index is 0.00457. The van der Waals surface area contributed by atoms with Crippen LogP contribution in [0.3, 0.4) is 0 Å². The number of benzene rings is 2. The molecular weight excluding hydrogens is 441 g/mol. The topological polar surface area (TPSA) is 82.0 Å². The van der Waals surface area contributed by atoms with Crippen LogP contribution in [0.15, 0.2) is 64.9 Å². The van der Waals surface area contributed by atoms with Crippen LogP contribution in [0.1, 0.15) is 21.5 Å². The number of nitriles is 1. The van der Waals surface area contributed by atoms with E-state index < -0.39 is 5.91 Å². The number of hydrogen-bond acceptors (Lipinski definition) is 4. The van der Waals surface area contributed by atoms with Gasteiger partial charge in [-0.2, -0.15) is 16.6 Å². The monoisotopic (exact) mass is 455 g/mol. The van der Waals surface area contributed by atoms with Crippen molar-refractivity contribution >= 4 is 58.1 Å². The second-order valence-corrected chi connectivity index (χ2v) is 7.80. The number of anilines is 1. The molecule has 0 fully saturated rings. The van der Waals surface area contributed by atoms with Crippen molar-refractivity contribution in [3.63, 3.8) is 0 Å². The van der Waals surface area contributed by atoms with E-state index in [4.69, 9.17) is 23.2 Å². The van der Waals surface area contributed by atoms with Crippen LogP contribution in [0.4, 0.5) is 5.69 Å². The lowest BCUT2D eigenvalue weighted by atomic mass is 10.1. The van der Waals surface area contributed by atoms with Crippen molar-refractivity contribution in [1.29, 1.82) is 5.26 Å². The number of carbonyl (C=O) groups excluding carboxylic acids is 2. The van der Waals surface area contributed by atoms with Crippen molar-refractivity contribution in [2.75, 3.05) is 5.32 Å². The number of nitrogens with zero attached hydrogens (tertiary/aromatic N) is 1. The Balaban J connectivity index is 1.60. The van der Waals surface area contributed by atoms with Crippen LogP contribution in [-0.2, 0) is 11.3 Å². The molecule has 150 valence electrons. The predicted octanol–water partition coefficient (Wildman–Crippen LogP) is 5.53. The molecule has 3 rings (SSSR count). The number of halogens is 2. The van der Waals surface area contributed by atoms with E-state index in [-0.39, 0.29) is 18.0 Å². The van der Waals surface area contributed by atoms with Crippen molar-refractivity contribution in [1.82, 2.24) is 5.32 Å². The quantitative estimate of drug-likeness (QED) is 0.378. The Morgan fingerprint density at radius 3 is 2.50 bits per heavy atom. The van der Waals surface area contributed by atoms with Gasteiger partial charge in [-0.25, -0.2) is 0 Å². The maximum atomic E-state index is 12.3. The Bertz CT molecular complexity index is 1130. The zero-order chi connectivity index (χ0) is 21.5. The van der Waals surface area contributed by atoms with Crippen LogP contribution in [0.2, 0.25) is 10.0 Å². The minimum atomic E-state index is -0.515. The van der Waals surface area contributed by atoms with E-state index in [1.807, 2.05) is 22.9 Å². The molecule has 0 aliphatic rings. The van der Waals surface area contributed by atoms with E-state index in [0.29, 0.717) is 21.3 Å². The Morgan fingerprint density at radius 2 is 1.87 bits per heavy atom. The molecule has 0 atom stereocenters. The van der Waals surface area contributed by atoms with Gasteiger partial charge in [-0.05, 0) is 70.4 Å². The molecule has 0 bridgehead atoms. The van der Waals surface area contributed by atoms with Gasteiger partial charge in [0.15, 0.2) is 0 Å². The second kappa shape index (κ2) is 10.1. The van der Waals surface area contributed by atoms with Crippen LogP contribution in [0.25, 0.3) is 6.08 Å². The Morgan fingerprint density at radius 1 is 1.10 bits per heavy atom. The van der Waals surface area contributed by atoms with Gasteiger partial charge in [-0.15, -0.1) is 0 Å². The van der Waals surface area contributed by atoms with Gasteiger partial charge in [0.25, 0.3) is 11.8 Å². The van der Waals surface area contributed by atoms with Crippen LogP contribution in [0.5, 0.6) is 0 Å². The lowest BCUT2D eigenvalue weighted by molar-refractivity contribution is -0.112. The summed E-state index contributed by atoms with van der Waals surface area (Å²) in [7, 11) is 0. The SMILES string of the molecule is N#C/C(=C\c1ccsc1)C(=O)Nc1ccc(C(=O)NCc2ccc(Cl)cc2Cl)cc1. The molecule has 0 unspecified atom stereocenters. The molecule has 0 saturated heterocycles. The average Bonchev–Trinajstić information content (AvgIpc) is 3.25. The number of thiophene rings is 1. The Labute approximate surface area is 187 Å². The maximum Gasteiger partial charge on any atom is 0.266 e. The molecule has 3 aromatic rings. The van der Waals surface area contributed by atoms with Crippen molar-refractivity contribution in [2.24, 2.45) is 0 Å². The summed E-state index contributed by atoms with van der Waals surface area (Å²) in [6.07, 6.45) is 1.52. The smallest absolute Gasteiger partial charge is 0.266 e. The first-order valence-corrected chi connectivity index (χ1v) is 10.4. The summed E-state index contributed by atoms with van der Waals surface area (Å²) < 4.78 is 0. The van der Waals surface area contributed by atoms with Crippen molar-refractivity contribution < 1.29 is 9.59 Å². The highest BCUT2D eigenvalue weighted by molar-refractivity contribution is 7.08. The Hall–Kier alpha value is -3.11. The van der Waals surface area contributed by atoms with Crippen LogP contribution < -0.4 is 10.6 Å². The van der Waals surface area contributed by atoms with E-state index in [9.17, 15) is 14.9 Å². The molecule has 30 heavy (non-hydrogen) atoms. The van der Waals surface area contributed by atoms with Gasteiger partial charge in [-0.1, -0.05) is 29.3 Å². The fourth-order valence-corrected chi connectivity index (χ4v) is 3.61. The molecule has 1 aromatic heterocycles. The van der Waals surface area contributed by atoms with Crippen LogP contribution in [0, 0.1) is 11.3 Å². The first kappa shape index (κ1) is 21.6. The molecule has 0 radical (unpaired) electrons. The van der Waals surface area contributed by atoms with E-state index in [1.54, 1.807) is 42.5 Å². The summed E-state index contributed by atoms with van der Waals surface area (Å²) >= 11 is 13.5. The molecule has 0 saturated carbocycles. The van der Waals surface area contributed by atoms with Gasteiger partial charge in [0, 0.05) is 27.8 Å². The first-order valence-electron chi connectivity index (χ1n) is 8.74. The summed E-state index contributed by atoms with van der Waals surface area (Å²) in [6, 6.07) is 15.2. The fourth-order valence-electron chi connectivity index (χ4n) is 2.52.